The van der Waals surface area contributed by atoms with Crippen LogP contribution < -0.4 is 0 Å². The Morgan fingerprint density at radius 3 is 3.08 bits per heavy atom. The summed E-state index contributed by atoms with van der Waals surface area (Å²) in [6, 6.07) is 6.38. The van der Waals surface area contributed by atoms with E-state index >= 15 is 0 Å². The number of fused-ring (bicyclic) bond motifs is 1. The van der Waals surface area contributed by atoms with Crippen LogP contribution in [-0.4, -0.2) is 9.61 Å². The third kappa shape index (κ3) is 0.779. The predicted octanol–water partition coefficient (Wildman–Crippen LogP) is 2.21. The molecule has 0 unspecified atom stereocenters. The van der Waals surface area contributed by atoms with Gasteiger partial charge in [0.25, 0.3) is 0 Å². The van der Waals surface area contributed by atoms with Crippen molar-refractivity contribution in [1.29, 1.82) is 0 Å². The Kier molecular flexibility index (Phi) is 1.09. The predicted molar refractivity (Wildman–Crippen MR) is 47.2 cm³/mol. The summed E-state index contributed by atoms with van der Waals surface area (Å²) in [7, 11) is 0. The zero-order valence-corrected chi connectivity index (χ0v) is 6.77. The van der Waals surface area contributed by atoms with Crippen LogP contribution >= 0.6 is 0 Å². The van der Waals surface area contributed by atoms with Crippen molar-refractivity contribution in [3.05, 3.63) is 36.2 Å². The minimum Gasteiger partial charge on any atom is -0.241 e. The van der Waals surface area contributed by atoms with Gasteiger partial charge >= 0.3 is 0 Å². The van der Waals surface area contributed by atoms with Crippen LogP contribution in [0.15, 0.2) is 30.6 Å². The van der Waals surface area contributed by atoms with E-state index < -0.39 is 0 Å². The summed E-state index contributed by atoms with van der Waals surface area (Å²) < 4.78 is 1.95. The second-order valence-electron chi connectivity index (χ2n) is 3.40. The van der Waals surface area contributed by atoms with Gasteiger partial charge in [-0.2, -0.15) is 5.10 Å². The molecule has 2 nitrogen and oxygen atoms in total. The van der Waals surface area contributed by atoms with Gasteiger partial charge in [0.1, 0.15) is 0 Å². The lowest BCUT2D eigenvalue weighted by Gasteiger charge is -1.99. The summed E-state index contributed by atoms with van der Waals surface area (Å²) in [4.78, 5) is 0. The maximum atomic E-state index is 4.21. The molecule has 0 amide bonds. The van der Waals surface area contributed by atoms with Crippen molar-refractivity contribution >= 4 is 5.52 Å². The van der Waals surface area contributed by atoms with Crippen molar-refractivity contribution in [2.24, 2.45) is 0 Å². The van der Waals surface area contributed by atoms with E-state index in [-0.39, 0.29) is 0 Å². The molecule has 3 rings (SSSR count). The van der Waals surface area contributed by atoms with Gasteiger partial charge in [0, 0.05) is 12.4 Å². The number of nitrogens with zero attached hydrogens (tertiary/aromatic N) is 2. The van der Waals surface area contributed by atoms with E-state index in [0.29, 0.717) is 0 Å². The average Bonchev–Trinajstić information content (AvgIpc) is 2.82. The fourth-order valence-electron chi connectivity index (χ4n) is 1.71. The van der Waals surface area contributed by atoms with Gasteiger partial charge in [-0.25, -0.2) is 4.52 Å². The highest BCUT2D eigenvalue weighted by atomic mass is 15.2. The first-order valence-electron chi connectivity index (χ1n) is 4.37. The van der Waals surface area contributed by atoms with Crippen LogP contribution in [0.25, 0.3) is 5.52 Å². The zero-order valence-electron chi connectivity index (χ0n) is 6.77. The molecule has 1 saturated carbocycles. The molecule has 0 aromatic carbocycles. The minimum absolute atomic E-state index is 0.811. The monoisotopic (exact) mass is 158 g/mol. The van der Waals surface area contributed by atoms with E-state index in [1.807, 2.05) is 16.9 Å². The molecule has 0 bridgehead atoms. The smallest absolute Gasteiger partial charge is 0.0696 e. The van der Waals surface area contributed by atoms with Gasteiger partial charge in [-0.1, -0.05) is 6.07 Å². The SMILES string of the molecule is c1cc(C2CC2)c2ccnn2c1. The van der Waals surface area contributed by atoms with Crippen molar-refractivity contribution in [3.8, 4) is 0 Å². The number of aromatic nitrogens is 2. The van der Waals surface area contributed by atoms with E-state index in [1.165, 1.54) is 23.9 Å². The maximum Gasteiger partial charge on any atom is 0.0696 e. The molecule has 0 aliphatic heterocycles. The van der Waals surface area contributed by atoms with Crippen LogP contribution in [0.5, 0.6) is 0 Å². The second-order valence-corrected chi connectivity index (χ2v) is 3.40. The molecule has 1 aliphatic carbocycles. The largest absolute Gasteiger partial charge is 0.241 e. The highest BCUT2D eigenvalue weighted by molar-refractivity contribution is 5.56. The first-order valence-corrected chi connectivity index (χ1v) is 4.37. The molecule has 2 aromatic heterocycles. The Hall–Kier alpha value is -1.31. The van der Waals surface area contributed by atoms with E-state index in [4.69, 9.17) is 0 Å². The van der Waals surface area contributed by atoms with E-state index in [0.717, 1.165) is 5.92 Å². The lowest BCUT2D eigenvalue weighted by molar-refractivity contribution is 0.945. The molecule has 0 saturated heterocycles. The van der Waals surface area contributed by atoms with Gasteiger partial charge < -0.3 is 0 Å². The second kappa shape index (κ2) is 2.09. The van der Waals surface area contributed by atoms with E-state index in [9.17, 15) is 0 Å². The topological polar surface area (TPSA) is 17.3 Å². The molecule has 0 atom stereocenters. The summed E-state index contributed by atoms with van der Waals surface area (Å²) in [6.45, 7) is 0. The van der Waals surface area contributed by atoms with Gasteiger partial charge in [0.05, 0.1) is 5.52 Å². The highest BCUT2D eigenvalue weighted by Crippen LogP contribution is 2.41. The van der Waals surface area contributed by atoms with Crippen LogP contribution in [0, 0.1) is 0 Å². The summed E-state index contributed by atoms with van der Waals surface area (Å²) in [5.74, 6) is 0.811. The van der Waals surface area contributed by atoms with Crippen molar-refractivity contribution in [3.63, 3.8) is 0 Å². The van der Waals surface area contributed by atoms with Gasteiger partial charge in [-0.15, -0.1) is 0 Å². The highest BCUT2D eigenvalue weighted by Gasteiger charge is 2.25. The van der Waals surface area contributed by atoms with E-state index in [2.05, 4.69) is 23.3 Å². The molecule has 1 fully saturated rings. The number of hydrogen-bond donors (Lipinski definition) is 0. The molecular weight excluding hydrogens is 148 g/mol. The Labute approximate surface area is 70.8 Å². The van der Waals surface area contributed by atoms with Crippen molar-refractivity contribution < 1.29 is 0 Å². The standard InChI is InChI=1S/C10H10N2/c1-2-9(8-3-4-8)10-5-6-11-12(10)7-1/h1-2,5-8H,3-4H2. The van der Waals surface area contributed by atoms with Crippen LogP contribution in [0.2, 0.25) is 0 Å². The van der Waals surface area contributed by atoms with Gasteiger partial charge in [-0.3, -0.25) is 0 Å². The van der Waals surface area contributed by atoms with Gasteiger partial charge in [0.2, 0.25) is 0 Å². The van der Waals surface area contributed by atoms with Gasteiger partial charge in [0.15, 0.2) is 0 Å². The Bertz CT molecular complexity index is 412. The van der Waals surface area contributed by atoms with Crippen LogP contribution in [0.1, 0.15) is 24.3 Å². The fourth-order valence-corrected chi connectivity index (χ4v) is 1.71. The molecule has 2 aromatic rings. The summed E-state index contributed by atoms with van der Waals surface area (Å²) >= 11 is 0. The summed E-state index contributed by atoms with van der Waals surface area (Å²) in [5, 5.41) is 4.21. The molecule has 0 radical (unpaired) electrons. The molecule has 0 N–H and O–H groups in total. The summed E-state index contributed by atoms with van der Waals surface area (Å²) in [5.41, 5.74) is 2.75. The molecule has 0 spiro atoms. The molecule has 2 heteroatoms. The Balaban J connectivity index is 2.32. The fraction of sp³-hybridized carbons (Fsp3) is 0.300. The Morgan fingerprint density at radius 1 is 1.33 bits per heavy atom. The van der Waals surface area contributed by atoms with Crippen molar-refractivity contribution in [1.82, 2.24) is 9.61 Å². The lowest BCUT2D eigenvalue weighted by Crippen LogP contribution is -1.89. The van der Waals surface area contributed by atoms with Crippen molar-refractivity contribution in [2.45, 2.75) is 18.8 Å². The quantitative estimate of drug-likeness (QED) is 0.622. The Morgan fingerprint density at radius 2 is 2.25 bits per heavy atom. The van der Waals surface area contributed by atoms with E-state index in [1.54, 1.807) is 0 Å². The first-order chi connectivity index (χ1) is 5.95. The average molecular weight is 158 g/mol. The minimum atomic E-state index is 0.811. The third-order valence-corrected chi connectivity index (χ3v) is 2.49. The summed E-state index contributed by atoms with van der Waals surface area (Å²) in [6.07, 6.45) is 6.57. The molecule has 1 aliphatic rings. The number of hydrogen-bond acceptors (Lipinski definition) is 1. The molecular formula is C10H10N2. The maximum absolute atomic E-state index is 4.21. The van der Waals surface area contributed by atoms with Gasteiger partial charge in [-0.05, 0) is 36.5 Å². The molecule has 60 valence electrons. The normalized spacial score (nSPS) is 17.0. The van der Waals surface area contributed by atoms with Crippen LogP contribution in [0.3, 0.4) is 0 Å². The number of pyridine rings is 1. The molecule has 2 heterocycles. The van der Waals surface area contributed by atoms with Crippen molar-refractivity contribution in [2.75, 3.05) is 0 Å². The zero-order chi connectivity index (χ0) is 7.97. The first kappa shape index (κ1) is 6.23. The number of rotatable bonds is 1. The van der Waals surface area contributed by atoms with Crippen LogP contribution in [0.4, 0.5) is 0 Å². The molecule has 12 heavy (non-hydrogen) atoms. The lowest BCUT2D eigenvalue weighted by atomic mass is 10.1. The third-order valence-electron chi connectivity index (χ3n) is 2.49. The van der Waals surface area contributed by atoms with Crippen LogP contribution in [-0.2, 0) is 0 Å².